The predicted octanol–water partition coefficient (Wildman–Crippen LogP) is 2.62. The van der Waals surface area contributed by atoms with Gasteiger partial charge in [0.15, 0.2) is 12.4 Å². The number of ether oxygens (including phenoxy) is 2. The number of halogens is 1. The number of fused-ring (bicyclic) bond motifs is 1. The lowest BCUT2D eigenvalue weighted by Crippen LogP contribution is -2.50. The van der Waals surface area contributed by atoms with Crippen LogP contribution >= 0.6 is 0 Å². The molecule has 2 aliphatic rings. The first-order chi connectivity index (χ1) is 19.7. The van der Waals surface area contributed by atoms with Crippen LogP contribution in [0.25, 0.3) is 33.5 Å². The van der Waals surface area contributed by atoms with Crippen LogP contribution in [0.5, 0.6) is 5.75 Å². The van der Waals surface area contributed by atoms with Gasteiger partial charge in [-0.2, -0.15) is 0 Å². The van der Waals surface area contributed by atoms with Crippen LogP contribution < -0.4 is 15.4 Å². The van der Waals surface area contributed by atoms with E-state index >= 15 is 0 Å². The van der Waals surface area contributed by atoms with E-state index in [0.29, 0.717) is 41.3 Å². The Labute approximate surface area is 235 Å². The molecule has 0 radical (unpaired) electrons. The third-order valence-electron chi connectivity index (χ3n) is 7.79. The number of nitrogens with zero attached hydrogens (tertiary/aromatic N) is 5. The number of rotatable bonds is 5. The molecule has 0 unspecified atom stereocenters. The molecule has 11 nitrogen and oxygen atoms in total. The maximum Gasteiger partial charge on any atom is 0.303 e. The summed E-state index contributed by atoms with van der Waals surface area (Å²) in [6, 6.07) is 10.7. The van der Waals surface area contributed by atoms with E-state index in [0.717, 1.165) is 22.3 Å². The number of nitrogens with two attached hydrogens (primary N) is 1. The fourth-order valence-electron chi connectivity index (χ4n) is 6.00. The molecule has 2 amide bonds. The maximum absolute atomic E-state index is 14.2. The maximum atomic E-state index is 14.2. The number of methoxy groups -OCH3 is 1. The van der Waals surface area contributed by atoms with Gasteiger partial charge in [-0.15, -0.1) is 0 Å². The topological polar surface area (TPSA) is 125 Å². The van der Waals surface area contributed by atoms with Crippen LogP contribution in [0.3, 0.4) is 0 Å². The molecule has 214 valence electrons. The molecule has 0 spiro atoms. The summed E-state index contributed by atoms with van der Waals surface area (Å²) >= 11 is 0. The molecular formula is C29H31FN6O5. The zero-order chi connectivity index (χ0) is 29.0. The SMILES string of the molecule is COc1cc(C(=O)N2C[C@H](N)C[C@@H](F)C2)cc2nc(-c3cc4cccc5c4n3CCN5C(=O)COC(C)=O)n(C)c12. The largest absolute Gasteiger partial charge is 0.494 e. The molecule has 0 aliphatic carbocycles. The number of piperidine rings is 1. The van der Waals surface area contributed by atoms with Gasteiger partial charge in [-0.25, -0.2) is 9.37 Å². The highest BCUT2D eigenvalue weighted by Crippen LogP contribution is 2.39. The molecule has 2 aromatic heterocycles. The fraction of sp³-hybridized carbons (Fsp3) is 0.379. The standard InChI is InChI=1S/C29H31FN6O5/c1-16(37)41-15-25(38)35-7-8-36-23(10-17-5-4-6-22(35)26(17)36)28-32-21-9-18(11-24(40-3)27(21)33(28)2)29(39)34-13-19(30)12-20(31)14-34/h4-6,9-11,19-20H,7-8,12-15,31H2,1-3H3/t19-,20-/m1/s1. The van der Waals surface area contributed by atoms with E-state index in [9.17, 15) is 18.8 Å². The van der Waals surface area contributed by atoms with Gasteiger partial charge < -0.3 is 34.1 Å². The normalized spacial score (nSPS) is 18.7. The second kappa shape index (κ2) is 10.2. The van der Waals surface area contributed by atoms with Crippen molar-refractivity contribution in [2.45, 2.75) is 32.1 Å². The van der Waals surface area contributed by atoms with Crippen molar-refractivity contribution in [3.8, 4) is 17.3 Å². The van der Waals surface area contributed by atoms with Gasteiger partial charge in [0.2, 0.25) is 0 Å². The summed E-state index contributed by atoms with van der Waals surface area (Å²) in [5, 5.41) is 0.930. The van der Waals surface area contributed by atoms with E-state index in [1.807, 2.05) is 35.9 Å². The molecule has 2 aromatic carbocycles. The van der Waals surface area contributed by atoms with Crippen molar-refractivity contribution in [2.75, 3.05) is 38.3 Å². The van der Waals surface area contributed by atoms with Gasteiger partial charge in [0.1, 0.15) is 17.4 Å². The van der Waals surface area contributed by atoms with Gasteiger partial charge in [0, 0.05) is 50.6 Å². The van der Waals surface area contributed by atoms with Crippen LogP contribution in [0, 0.1) is 0 Å². The lowest BCUT2D eigenvalue weighted by molar-refractivity contribution is -0.145. The first-order valence-corrected chi connectivity index (χ1v) is 13.5. The first-order valence-electron chi connectivity index (χ1n) is 13.5. The van der Waals surface area contributed by atoms with E-state index in [1.54, 1.807) is 17.0 Å². The number of imidazole rings is 1. The van der Waals surface area contributed by atoms with Crippen LogP contribution in [0.4, 0.5) is 10.1 Å². The van der Waals surface area contributed by atoms with Crippen molar-refractivity contribution in [3.63, 3.8) is 0 Å². The Morgan fingerprint density at radius 2 is 1.93 bits per heavy atom. The summed E-state index contributed by atoms with van der Waals surface area (Å²) in [5.41, 5.74) is 10.1. The van der Waals surface area contributed by atoms with Crippen molar-refractivity contribution in [1.29, 1.82) is 0 Å². The third-order valence-corrected chi connectivity index (χ3v) is 7.79. The number of hydrogen-bond acceptors (Lipinski definition) is 7. The molecule has 0 saturated carbocycles. The van der Waals surface area contributed by atoms with Crippen LogP contribution in [0.15, 0.2) is 36.4 Å². The number of para-hydroxylation sites is 1. The van der Waals surface area contributed by atoms with Gasteiger partial charge in [0.05, 0.1) is 36.1 Å². The summed E-state index contributed by atoms with van der Waals surface area (Å²) in [5.74, 6) is 0.0194. The quantitative estimate of drug-likeness (QED) is 0.371. The van der Waals surface area contributed by atoms with Gasteiger partial charge in [-0.1, -0.05) is 12.1 Å². The number of alkyl halides is 1. The van der Waals surface area contributed by atoms with Crippen molar-refractivity contribution in [3.05, 3.63) is 42.0 Å². The monoisotopic (exact) mass is 562 g/mol. The molecule has 1 fully saturated rings. The Bertz CT molecular complexity index is 1700. The summed E-state index contributed by atoms with van der Waals surface area (Å²) in [7, 11) is 3.42. The molecule has 4 aromatic rings. The number of amides is 2. The second-order valence-electron chi connectivity index (χ2n) is 10.6. The molecule has 2 N–H and O–H groups in total. The van der Waals surface area contributed by atoms with Crippen LogP contribution in [0.1, 0.15) is 23.7 Å². The Morgan fingerprint density at radius 3 is 2.66 bits per heavy atom. The zero-order valence-electron chi connectivity index (χ0n) is 23.1. The smallest absolute Gasteiger partial charge is 0.303 e. The van der Waals surface area contributed by atoms with E-state index < -0.39 is 18.2 Å². The average molecular weight is 563 g/mol. The Kier molecular flexibility index (Phi) is 6.65. The molecular weight excluding hydrogens is 531 g/mol. The highest BCUT2D eigenvalue weighted by Gasteiger charge is 2.31. The molecule has 1 saturated heterocycles. The average Bonchev–Trinajstić information content (AvgIpc) is 3.48. The van der Waals surface area contributed by atoms with Crippen molar-refractivity contribution >= 4 is 45.4 Å². The van der Waals surface area contributed by atoms with Crippen LogP contribution in [-0.2, 0) is 27.9 Å². The number of carbonyl (C=O) groups is 3. The number of hydrogen-bond donors (Lipinski definition) is 1. The molecule has 4 heterocycles. The number of likely N-dealkylation sites (tertiary alicyclic amines) is 1. The van der Waals surface area contributed by atoms with E-state index in [-0.39, 0.29) is 37.9 Å². The highest BCUT2D eigenvalue weighted by molar-refractivity contribution is 6.06. The number of aryl methyl sites for hydroxylation is 1. The van der Waals surface area contributed by atoms with Gasteiger partial charge in [-0.05, 0) is 30.7 Å². The van der Waals surface area contributed by atoms with Crippen molar-refractivity contribution in [2.24, 2.45) is 12.8 Å². The molecule has 2 atom stereocenters. The number of carbonyl (C=O) groups excluding carboxylic acids is 3. The number of anilines is 1. The van der Waals surface area contributed by atoms with E-state index in [2.05, 4.69) is 4.57 Å². The minimum atomic E-state index is -1.16. The van der Waals surface area contributed by atoms with E-state index in [1.165, 1.54) is 18.9 Å². The van der Waals surface area contributed by atoms with Gasteiger partial charge in [0.25, 0.3) is 11.8 Å². The Hall–Kier alpha value is -4.45. The van der Waals surface area contributed by atoms with Crippen LogP contribution in [-0.4, -0.2) is 82.4 Å². The summed E-state index contributed by atoms with van der Waals surface area (Å²) in [6.07, 6.45) is -0.920. The van der Waals surface area contributed by atoms with Crippen LogP contribution in [0.2, 0.25) is 0 Å². The Balaban J connectivity index is 1.42. The number of benzene rings is 2. The minimum absolute atomic E-state index is 0.00316. The highest BCUT2D eigenvalue weighted by atomic mass is 19.1. The molecule has 2 aliphatic heterocycles. The summed E-state index contributed by atoms with van der Waals surface area (Å²) in [4.78, 5) is 45.5. The molecule has 0 bridgehead atoms. The van der Waals surface area contributed by atoms with Crippen molar-refractivity contribution in [1.82, 2.24) is 19.0 Å². The lowest BCUT2D eigenvalue weighted by atomic mass is 10.0. The fourth-order valence-corrected chi connectivity index (χ4v) is 6.00. The van der Waals surface area contributed by atoms with Crippen molar-refractivity contribution < 1.29 is 28.2 Å². The predicted molar refractivity (Wildman–Crippen MR) is 151 cm³/mol. The third kappa shape index (κ3) is 4.57. The number of esters is 1. The molecule has 12 heteroatoms. The second-order valence-corrected chi connectivity index (χ2v) is 10.6. The molecule has 41 heavy (non-hydrogen) atoms. The minimum Gasteiger partial charge on any atom is -0.494 e. The summed E-state index contributed by atoms with van der Waals surface area (Å²) < 4.78 is 28.9. The summed E-state index contributed by atoms with van der Waals surface area (Å²) in [6.45, 7) is 2.15. The Morgan fingerprint density at radius 1 is 1.12 bits per heavy atom. The molecule has 6 rings (SSSR count). The van der Waals surface area contributed by atoms with Gasteiger partial charge in [-0.3, -0.25) is 14.4 Å². The lowest BCUT2D eigenvalue weighted by Gasteiger charge is -2.33. The zero-order valence-corrected chi connectivity index (χ0v) is 23.1. The van der Waals surface area contributed by atoms with E-state index in [4.69, 9.17) is 20.2 Å². The number of aromatic nitrogens is 3. The van der Waals surface area contributed by atoms with Gasteiger partial charge >= 0.3 is 5.97 Å². The first kappa shape index (κ1) is 26.8.